The third-order valence-corrected chi connectivity index (χ3v) is 5.34. The van der Waals surface area contributed by atoms with Gasteiger partial charge >= 0.3 is 5.97 Å². The zero-order valence-electron chi connectivity index (χ0n) is 14.3. The van der Waals surface area contributed by atoms with Crippen molar-refractivity contribution in [2.24, 2.45) is 5.92 Å². The number of aromatic hydroxyl groups is 1. The summed E-state index contributed by atoms with van der Waals surface area (Å²) < 4.78 is 0. The highest BCUT2D eigenvalue weighted by molar-refractivity contribution is 5.70. The molecule has 6 nitrogen and oxygen atoms in total. The maximum Gasteiger partial charge on any atom is 0.307 e. The maximum absolute atomic E-state index is 11.2. The van der Waals surface area contributed by atoms with E-state index in [-0.39, 0.29) is 11.7 Å². The van der Waals surface area contributed by atoms with Crippen LogP contribution in [0, 0.1) is 12.8 Å². The third kappa shape index (κ3) is 4.05. The molecule has 0 unspecified atom stereocenters. The summed E-state index contributed by atoms with van der Waals surface area (Å²) in [5, 5.41) is 19.2. The normalized spacial score (nSPS) is 24.1. The van der Waals surface area contributed by atoms with Crippen LogP contribution in [0.4, 0.5) is 0 Å². The lowest BCUT2D eigenvalue weighted by Gasteiger charge is -2.41. The molecule has 2 aliphatic heterocycles. The number of carboxylic acids is 1. The molecular formula is C18H27N3O3. The first kappa shape index (κ1) is 17.2. The van der Waals surface area contributed by atoms with Gasteiger partial charge in [0.05, 0.1) is 11.6 Å². The standard InChI is InChI=1S/C18H27N3O3/c1-13-4-5-17(22)16(19-13)12-20-9-6-15(7-10-20)21-8-2-3-14(11-21)18(23)24/h4-5,14-15,22H,2-3,6-12H2,1H3,(H,23,24)/t14-/m0/s1. The average Bonchev–Trinajstić information content (AvgIpc) is 2.59. The predicted octanol–water partition coefficient (Wildman–Crippen LogP) is 1.86. The number of hydrogen-bond donors (Lipinski definition) is 2. The highest BCUT2D eigenvalue weighted by Gasteiger charge is 2.31. The molecule has 0 aromatic carbocycles. The number of nitrogens with zero attached hydrogens (tertiary/aromatic N) is 3. The molecule has 1 atom stereocenters. The van der Waals surface area contributed by atoms with Crippen LogP contribution in [0.25, 0.3) is 0 Å². The van der Waals surface area contributed by atoms with Gasteiger partial charge in [-0.15, -0.1) is 0 Å². The Morgan fingerprint density at radius 2 is 2.00 bits per heavy atom. The zero-order valence-corrected chi connectivity index (χ0v) is 14.3. The van der Waals surface area contributed by atoms with Crippen molar-refractivity contribution in [1.82, 2.24) is 14.8 Å². The molecular weight excluding hydrogens is 306 g/mol. The van der Waals surface area contributed by atoms with Crippen molar-refractivity contribution in [3.63, 3.8) is 0 Å². The fourth-order valence-corrected chi connectivity index (χ4v) is 3.91. The van der Waals surface area contributed by atoms with Gasteiger partial charge in [0.2, 0.25) is 0 Å². The van der Waals surface area contributed by atoms with Crippen molar-refractivity contribution < 1.29 is 15.0 Å². The number of aromatic nitrogens is 1. The van der Waals surface area contributed by atoms with Crippen LogP contribution in [0.5, 0.6) is 5.75 Å². The van der Waals surface area contributed by atoms with Gasteiger partial charge in [0.15, 0.2) is 0 Å². The van der Waals surface area contributed by atoms with Gasteiger partial charge in [0.1, 0.15) is 5.75 Å². The Morgan fingerprint density at radius 3 is 2.71 bits per heavy atom. The summed E-state index contributed by atoms with van der Waals surface area (Å²) >= 11 is 0. The van der Waals surface area contributed by atoms with E-state index in [0.717, 1.165) is 56.7 Å². The van der Waals surface area contributed by atoms with Crippen molar-refractivity contribution in [2.45, 2.75) is 45.2 Å². The molecule has 0 aliphatic carbocycles. The van der Waals surface area contributed by atoms with Crippen LogP contribution >= 0.6 is 0 Å². The van der Waals surface area contributed by atoms with Gasteiger partial charge in [0.25, 0.3) is 0 Å². The molecule has 0 amide bonds. The summed E-state index contributed by atoms with van der Waals surface area (Å²) in [5.74, 6) is -0.591. The van der Waals surface area contributed by atoms with Crippen molar-refractivity contribution in [3.05, 3.63) is 23.5 Å². The third-order valence-electron chi connectivity index (χ3n) is 5.34. The molecule has 24 heavy (non-hydrogen) atoms. The molecule has 0 spiro atoms. The number of carbonyl (C=O) groups is 1. The van der Waals surface area contributed by atoms with E-state index >= 15 is 0 Å². The summed E-state index contributed by atoms with van der Waals surface area (Å²) in [6, 6.07) is 4.02. The van der Waals surface area contributed by atoms with Gasteiger partial charge in [-0.05, 0) is 51.3 Å². The second kappa shape index (κ2) is 7.49. The van der Waals surface area contributed by atoms with Crippen LogP contribution in [0.15, 0.2) is 12.1 Å². The average molecular weight is 333 g/mol. The lowest BCUT2D eigenvalue weighted by atomic mass is 9.94. The molecule has 2 fully saturated rings. The summed E-state index contributed by atoms with van der Waals surface area (Å²) in [4.78, 5) is 20.4. The van der Waals surface area contributed by atoms with E-state index in [4.69, 9.17) is 0 Å². The number of aryl methyl sites for hydroxylation is 1. The highest BCUT2D eigenvalue weighted by atomic mass is 16.4. The topological polar surface area (TPSA) is 76.9 Å². The van der Waals surface area contributed by atoms with Gasteiger partial charge < -0.3 is 10.2 Å². The number of carboxylic acid groups (broad SMARTS) is 1. The number of likely N-dealkylation sites (tertiary alicyclic amines) is 2. The molecule has 0 saturated carbocycles. The van der Waals surface area contributed by atoms with E-state index in [1.807, 2.05) is 13.0 Å². The largest absolute Gasteiger partial charge is 0.506 e. The van der Waals surface area contributed by atoms with Crippen LogP contribution in [0.3, 0.4) is 0 Å². The second-order valence-electron chi connectivity index (χ2n) is 7.10. The summed E-state index contributed by atoms with van der Waals surface area (Å²) in [6.07, 6.45) is 3.90. The van der Waals surface area contributed by atoms with Gasteiger partial charge in [-0.3, -0.25) is 19.6 Å². The Bertz CT molecular complexity index is 585. The zero-order chi connectivity index (χ0) is 17.1. The van der Waals surface area contributed by atoms with E-state index in [2.05, 4.69) is 14.8 Å². The molecule has 2 saturated heterocycles. The molecule has 0 radical (unpaired) electrons. The fourth-order valence-electron chi connectivity index (χ4n) is 3.91. The van der Waals surface area contributed by atoms with Crippen LogP contribution in [-0.4, -0.2) is 63.2 Å². The smallest absolute Gasteiger partial charge is 0.307 e. The summed E-state index contributed by atoms with van der Waals surface area (Å²) in [5.41, 5.74) is 1.67. The molecule has 3 heterocycles. The minimum absolute atomic E-state index is 0.203. The summed E-state index contributed by atoms with van der Waals surface area (Å²) in [6.45, 7) is 6.26. The van der Waals surface area contributed by atoms with Crippen LogP contribution in [-0.2, 0) is 11.3 Å². The van der Waals surface area contributed by atoms with Gasteiger partial charge in [-0.25, -0.2) is 0 Å². The molecule has 6 heteroatoms. The summed E-state index contributed by atoms with van der Waals surface area (Å²) in [7, 11) is 0. The monoisotopic (exact) mass is 333 g/mol. The fraction of sp³-hybridized carbons (Fsp3) is 0.667. The Morgan fingerprint density at radius 1 is 1.25 bits per heavy atom. The molecule has 1 aromatic rings. The molecule has 132 valence electrons. The van der Waals surface area contributed by atoms with Crippen LogP contribution in [0.1, 0.15) is 37.1 Å². The van der Waals surface area contributed by atoms with E-state index in [9.17, 15) is 15.0 Å². The van der Waals surface area contributed by atoms with E-state index in [1.54, 1.807) is 6.07 Å². The number of pyridine rings is 1. The molecule has 2 aliphatic rings. The SMILES string of the molecule is Cc1ccc(O)c(CN2CCC(N3CCC[C@H](C(=O)O)C3)CC2)n1. The molecule has 1 aromatic heterocycles. The Kier molecular flexibility index (Phi) is 5.36. The second-order valence-corrected chi connectivity index (χ2v) is 7.10. The molecule has 3 rings (SSSR count). The van der Waals surface area contributed by atoms with E-state index < -0.39 is 5.97 Å². The number of rotatable bonds is 4. The minimum atomic E-state index is -0.655. The first-order chi connectivity index (χ1) is 11.5. The Labute approximate surface area is 143 Å². The molecule has 0 bridgehead atoms. The Hall–Kier alpha value is -1.66. The minimum Gasteiger partial charge on any atom is -0.506 e. The van der Waals surface area contributed by atoms with E-state index in [0.29, 0.717) is 19.1 Å². The van der Waals surface area contributed by atoms with E-state index in [1.165, 1.54) is 0 Å². The first-order valence-electron chi connectivity index (χ1n) is 8.87. The highest BCUT2D eigenvalue weighted by Crippen LogP contribution is 2.25. The van der Waals surface area contributed by atoms with Crippen LogP contribution < -0.4 is 0 Å². The van der Waals surface area contributed by atoms with Gasteiger partial charge in [-0.1, -0.05) is 0 Å². The van der Waals surface area contributed by atoms with Crippen molar-refractivity contribution >= 4 is 5.97 Å². The molecule has 2 N–H and O–H groups in total. The van der Waals surface area contributed by atoms with Crippen LogP contribution in [0.2, 0.25) is 0 Å². The Balaban J connectivity index is 1.52. The van der Waals surface area contributed by atoms with Gasteiger partial charge in [0, 0.05) is 37.9 Å². The lowest BCUT2D eigenvalue weighted by Crippen LogP contribution is -2.49. The van der Waals surface area contributed by atoms with Gasteiger partial charge in [-0.2, -0.15) is 0 Å². The first-order valence-corrected chi connectivity index (χ1v) is 8.87. The van der Waals surface area contributed by atoms with Crippen molar-refractivity contribution in [2.75, 3.05) is 26.2 Å². The van der Waals surface area contributed by atoms with Crippen molar-refractivity contribution in [3.8, 4) is 5.75 Å². The number of hydrogen-bond acceptors (Lipinski definition) is 5. The predicted molar refractivity (Wildman–Crippen MR) is 90.9 cm³/mol. The lowest BCUT2D eigenvalue weighted by molar-refractivity contribution is -0.144. The van der Waals surface area contributed by atoms with Crippen molar-refractivity contribution in [1.29, 1.82) is 0 Å². The number of aliphatic carboxylic acids is 1. The number of piperidine rings is 2. The quantitative estimate of drug-likeness (QED) is 0.876. The maximum atomic E-state index is 11.2.